The van der Waals surface area contributed by atoms with Crippen molar-refractivity contribution in [3.63, 3.8) is 0 Å². The number of esters is 1. The van der Waals surface area contributed by atoms with Crippen molar-refractivity contribution in [2.75, 3.05) is 6.61 Å². The van der Waals surface area contributed by atoms with Crippen LogP contribution in [0.4, 0.5) is 0 Å². The molecule has 0 aromatic carbocycles. The number of fused-ring (bicyclic) bond motifs is 1. The summed E-state index contributed by atoms with van der Waals surface area (Å²) in [7, 11) is 0. The molecule has 2 nitrogen and oxygen atoms in total. The van der Waals surface area contributed by atoms with Gasteiger partial charge in [-0.05, 0) is 49.4 Å². The van der Waals surface area contributed by atoms with Gasteiger partial charge in [-0.2, -0.15) is 0 Å². The Labute approximate surface area is 116 Å². The Kier molecular flexibility index (Phi) is 3.63. The first-order valence-electron chi connectivity index (χ1n) is 7.33. The van der Waals surface area contributed by atoms with E-state index in [0.717, 1.165) is 12.8 Å². The van der Waals surface area contributed by atoms with Crippen molar-refractivity contribution in [3.8, 4) is 0 Å². The molecule has 1 fully saturated rings. The molecule has 0 aliphatic heterocycles. The van der Waals surface area contributed by atoms with Crippen molar-refractivity contribution in [3.05, 3.63) is 24.3 Å². The van der Waals surface area contributed by atoms with Crippen LogP contribution in [0.25, 0.3) is 0 Å². The van der Waals surface area contributed by atoms with Crippen LogP contribution in [0, 0.1) is 22.7 Å². The second kappa shape index (κ2) is 4.81. The topological polar surface area (TPSA) is 26.3 Å². The molecule has 0 radical (unpaired) electrons. The standard InChI is InChI=1S/C17H26O2/c1-6-17(11-15(18)19-7-2)9-13-8-12(3)16(4,5)14(13)10-17/h6,8,13-14H,1,7,9-11H2,2-5H3/t13-,14+,17-/m0/s1. The van der Waals surface area contributed by atoms with Crippen molar-refractivity contribution in [2.45, 2.75) is 47.0 Å². The van der Waals surface area contributed by atoms with E-state index in [1.807, 2.05) is 13.0 Å². The second-order valence-electron chi connectivity index (χ2n) is 6.80. The minimum absolute atomic E-state index is 0.0595. The third kappa shape index (κ3) is 2.37. The van der Waals surface area contributed by atoms with Crippen molar-refractivity contribution >= 4 is 5.97 Å². The lowest BCUT2D eigenvalue weighted by atomic mass is 9.73. The molecule has 0 spiro atoms. The van der Waals surface area contributed by atoms with E-state index in [0.29, 0.717) is 24.9 Å². The van der Waals surface area contributed by atoms with Gasteiger partial charge in [0.15, 0.2) is 0 Å². The lowest BCUT2D eigenvalue weighted by molar-refractivity contribution is -0.145. The van der Waals surface area contributed by atoms with Crippen LogP contribution < -0.4 is 0 Å². The molecule has 0 aromatic rings. The fourth-order valence-electron chi connectivity index (χ4n) is 3.96. The van der Waals surface area contributed by atoms with Gasteiger partial charge in [-0.1, -0.05) is 31.6 Å². The van der Waals surface area contributed by atoms with Gasteiger partial charge in [0.25, 0.3) is 0 Å². The molecule has 3 atom stereocenters. The Hall–Kier alpha value is -1.05. The van der Waals surface area contributed by atoms with E-state index >= 15 is 0 Å². The van der Waals surface area contributed by atoms with Crippen LogP contribution >= 0.6 is 0 Å². The minimum Gasteiger partial charge on any atom is -0.466 e. The maximum absolute atomic E-state index is 11.8. The van der Waals surface area contributed by atoms with Crippen LogP contribution in [0.5, 0.6) is 0 Å². The third-order valence-corrected chi connectivity index (χ3v) is 5.43. The number of hydrogen-bond acceptors (Lipinski definition) is 2. The SMILES string of the molecule is C=C[C@@]1(CC(=O)OCC)C[C@@H]2[C@@H](C=C(C)C2(C)C)C1. The quantitative estimate of drug-likeness (QED) is 0.562. The molecular weight excluding hydrogens is 236 g/mol. The maximum Gasteiger partial charge on any atom is 0.306 e. The molecule has 0 N–H and O–H groups in total. The predicted octanol–water partition coefficient (Wildman–Crippen LogP) is 4.12. The highest BCUT2D eigenvalue weighted by molar-refractivity contribution is 5.70. The van der Waals surface area contributed by atoms with E-state index in [-0.39, 0.29) is 16.8 Å². The van der Waals surface area contributed by atoms with Crippen LogP contribution in [0.1, 0.15) is 47.0 Å². The highest BCUT2D eigenvalue weighted by atomic mass is 16.5. The number of carbonyl (C=O) groups is 1. The molecule has 0 saturated heterocycles. The molecular formula is C17H26O2. The summed E-state index contributed by atoms with van der Waals surface area (Å²) >= 11 is 0. The third-order valence-electron chi connectivity index (χ3n) is 5.43. The number of allylic oxidation sites excluding steroid dienone is 3. The molecule has 19 heavy (non-hydrogen) atoms. The number of carbonyl (C=O) groups excluding carboxylic acids is 1. The molecule has 106 valence electrons. The zero-order valence-corrected chi connectivity index (χ0v) is 12.7. The van der Waals surface area contributed by atoms with Gasteiger partial charge in [0.05, 0.1) is 13.0 Å². The van der Waals surface area contributed by atoms with Crippen LogP contribution in [0.15, 0.2) is 24.3 Å². The average molecular weight is 262 g/mol. The smallest absolute Gasteiger partial charge is 0.306 e. The van der Waals surface area contributed by atoms with Crippen molar-refractivity contribution in [2.24, 2.45) is 22.7 Å². The summed E-state index contributed by atoms with van der Waals surface area (Å²) in [5.74, 6) is 1.16. The molecule has 1 saturated carbocycles. The summed E-state index contributed by atoms with van der Waals surface area (Å²) in [6, 6.07) is 0. The summed E-state index contributed by atoms with van der Waals surface area (Å²) in [6.45, 7) is 13.2. The summed E-state index contributed by atoms with van der Waals surface area (Å²) < 4.78 is 5.12. The van der Waals surface area contributed by atoms with Gasteiger partial charge in [0, 0.05) is 0 Å². The van der Waals surface area contributed by atoms with E-state index in [1.54, 1.807) is 0 Å². The lowest BCUT2D eigenvalue weighted by Gasteiger charge is -2.32. The Morgan fingerprint density at radius 3 is 2.74 bits per heavy atom. The van der Waals surface area contributed by atoms with E-state index in [2.05, 4.69) is 33.4 Å². The second-order valence-corrected chi connectivity index (χ2v) is 6.80. The number of hydrogen-bond donors (Lipinski definition) is 0. The number of ether oxygens (including phenoxy) is 1. The van der Waals surface area contributed by atoms with Crippen LogP contribution in [-0.2, 0) is 9.53 Å². The fourth-order valence-corrected chi connectivity index (χ4v) is 3.96. The van der Waals surface area contributed by atoms with Crippen molar-refractivity contribution in [1.82, 2.24) is 0 Å². The van der Waals surface area contributed by atoms with E-state index < -0.39 is 0 Å². The van der Waals surface area contributed by atoms with Crippen molar-refractivity contribution in [1.29, 1.82) is 0 Å². The van der Waals surface area contributed by atoms with Gasteiger partial charge in [-0.15, -0.1) is 6.58 Å². The summed E-state index contributed by atoms with van der Waals surface area (Å²) in [5, 5.41) is 0. The van der Waals surface area contributed by atoms with Gasteiger partial charge < -0.3 is 4.74 Å². The van der Waals surface area contributed by atoms with Gasteiger partial charge in [-0.25, -0.2) is 0 Å². The average Bonchev–Trinajstić information content (AvgIpc) is 2.77. The molecule has 0 aromatic heterocycles. The zero-order valence-electron chi connectivity index (χ0n) is 12.7. The Bertz CT molecular complexity index is 419. The van der Waals surface area contributed by atoms with Gasteiger partial charge in [0.2, 0.25) is 0 Å². The first-order chi connectivity index (χ1) is 8.84. The largest absolute Gasteiger partial charge is 0.466 e. The maximum atomic E-state index is 11.8. The first-order valence-corrected chi connectivity index (χ1v) is 7.33. The normalized spacial score (nSPS) is 35.7. The summed E-state index contributed by atoms with van der Waals surface area (Å²) in [4.78, 5) is 11.8. The lowest BCUT2D eigenvalue weighted by Crippen LogP contribution is -2.25. The van der Waals surface area contributed by atoms with Crippen LogP contribution in [-0.4, -0.2) is 12.6 Å². The molecule has 0 bridgehead atoms. The highest BCUT2D eigenvalue weighted by Crippen LogP contribution is 2.60. The first kappa shape index (κ1) is 14.4. The monoisotopic (exact) mass is 262 g/mol. The molecule has 0 amide bonds. The van der Waals surface area contributed by atoms with Crippen LogP contribution in [0.2, 0.25) is 0 Å². The molecule has 2 aliphatic carbocycles. The van der Waals surface area contributed by atoms with Gasteiger partial charge in [-0.3, -0.25) is 4.79 Å². The van der Waals surface area contributed by atoms with Gasteiger partial charge in [0.1, 0.15) is 0 Å². The predicted molar refractivity (Wildman–Crippen MR) is 77.6 cm³/mol. The van der Waals surface area contributed by atoms with E-state index in [4.69, 9.17) is 4.74 Å². The Morgan fingerprint density at radius 1 is 1.53 bits per heavy atom. The molecule has 2 rings (SSSR count). The molecule has 0 unspecified atom stereocenters. The van der Waals surface area contributed by atoms with Crippen molar-refractivity contribution < 1.29 is 9.53 Å². The van der Waals surface area contributed by atoms with Crippen LogP contribution in [0.3, 0.4) is 0 Å². The number of rotatable bonds is 4. The molecule has 0 heterocycles. The Morgan fingerprint density at radius 2 is 2.21 bits per heavy atom. The zero-order chi connectivity index (χ0) is 14.3. The van der Waals surface area contributed by atoms with Gasteiger partial charge >= 0.3 is 5.97 Å². The summed E-state index contributed by atoms with van der Waals surface area (Å²) in [5.41, 5.74) is 1.69. The van der Waals surface area contributed by atoms with E-state index in [1.165, 1.54) is 5.57 Å². The summed E-state index contributed by atoms with van der Waals surface area (Å²) in [6.07, 6.45) is 7.00. The fraction of sp³-hybridized carbons (Fsp3) is 0.706. The minimum atomic E-state index is -0.0825. The molecule has 2 heteroatoms. The highest BCUT2D eigenvalue weighted by Gasteiger charge is 2.52. The molecule has 2 aliphatic rings. The Balaban J connectivity index is 2.15. The van der Waals surface area contributed by atoms with E-state index in [9.17, 15) is 4.79 Å².